The molecule has 0 aliphatic carbocycles. The molecule has 0 aliphatic heterocycles. The Bertz CT molecular complexity index is 558. The van der Waals surface area contributed by atoms with Crippen molar-refractivity contribution in [3.05, 3.63) is 59.9 Å². The van der Waals surface area contributed by atoms with Gasteiger partial charge in [0.25, 0.3) is 0 Å². The zero-order valence-electron chi connectivity index (χ0n) is 10.2. The first-order valence-corrected chi connectivity index (χ1v) is 5.82. The molecule has 5 nitrogen and oxygen atoms in total. The van der Waals surface area contributed by atoms with E-state index in [2.05, 4.69) is 10.3 Å². The zero-order valence-corrected chi connectivity index (χ0v) is 10.2. The molecule has 0 saturated heterocycles. The van der Waals surface area contributed by atoms with Crippen molar-refractivity contribution in [1.29, 1.82) is 0 Å². The van der Waals surface area contributed by atoms with Crippen LogP contribution in [0.25, 0.3) is 0 Å². The zero-order chi connectivity index (χ0) is 13.7. The second-order valence-corrected chi connectivity index (χ2v) is 4.03. The first kappa shape index (κ1) is 13.0. The van der Waals surface area contributed by atoms with Gasteiger partial charge in [-0.15, -0.1) is 0 Å². The van der Waals surface area contributed by atoms with E-state index in [0.29, 0.717) is 5.69 Å². The van der Waals surface area contributed by atoms with Crippen LogP contribution in [-0.2, 0) is 0 Å². The Hall–Kier alpha value is -2.40. The third-order valence-corrected chi connectivity index (χ3v) is 2.72. The van der Waals surface area contributed by atoms with Crippen LogP contribution in [0.15, 0.2) is 48.8 Å². The Kier molecular flexibility index (Phi) is 4.10. The van der Waals surface area contributed by atoms with Gasteiger partial charge in [0.1, 0.15) is 5.56 Å². The van der Waals surface area contributed by atoms with Gasteiger partial charge >= 0.3 is 5.97 Å². The molecule has 98 valence electrons. The van der Waals surface area contributed by atoms with E-state index in [-0.39, 0.29) is 12.1 Å². The Labute approximate surface area is 110 Å². The van der Waals surface area contributed by atoms with Crippen molar-refractivity contribution in [2.75, 3.05) is 11.9 Å². The number of carbonyl (C=O) groups is 1. The number of aromatic carboxylic acids is 1. The lowest BCUT2D eigenvalue weighted by Gasteiger charge is -2.14. The number of carboxylic acids is 1. The van der Waals surface area contributed by atoms with Crippen LogP contribution in [0.2, 0.25) is 0 Å². The predicted octanol–water partition coefficient (Wildman–Crippen LogP) is 1.93. The highest BCUT2D eigenvalue weighted by molar-refractivity contribution is 5.93. The van der Waals surface area contributed by atoms with E-state index >= 15 is 0 Å². The van der Waals surface area contributed by atoms with Crippen LogP contribution in [-0.4, -0.2) is 27.7 Å². The second-order valence-electron chi connectivity index (χ2n) is 4.03. The molecule has 2 rings (SSSR count). The molecule has 1 atom stereocenters. The van der Waals surface area contributed by atoms with E-state index in [4.69, 9.17) is 5.11 Å². The largest absolute Gasteiger partial charge is 0.478 e. The number of anilines is 1. The molecule has 0 unspecified atom stereocenters. The number of aliphatic hydroxyl groups excluding tert-OH is 1. The quantitative estimate of drug-likeness (QED) is 0.763. The minimum Gasteiger partial charge on any atom is -0.478 e. The SMILES string of the molecule is O=C(O)c1cnccc1NC[C@H](O)c1ccccc1. The van der Waals surface area contributed by atoms with Gasteiger partial charge in [-0.2, -0.15) is 0 Å². The van der Waals surface area contributed by atoms with Gasteiger partial charge in [0.15, 0.2) is 0 Å². The number of hydrogen-bond donors (Lipinski definition) is 3. The summed E-state index contributed by atoms with van der Waals surface area (Å²) in [7, 11) is 0. The highest BCUT2D eigenvalue weighted by atomic mass is 16.4. The first-order valence-electron chi connectivity index (χ1n) is 5.82. The van der Waals surface area contributed by atoms with Crippen LogP contribution in [0.1, 0.15) is 22.0 Å². The molecule has 0 spiro atoms. The summed E-state index contributed by atoms with van der Waals surface area (Å²) in [6.45, 7) is 0.230. The fraction of sp³-hybridized carbons (Fsp3) is 0.143. The van der Waals surface area contributed by atoms with Crippen LogP contribution in [0.4, 0.5) is 5.69 Å². The molecule has 19 heavy (non-hydrogen) atoms. The topological polar surface area (TPSA) is 82.5 Å². The molecule has 5 heteroatoms. The van der Waals surface area contributed by atoms with Gasteiger partial charge in [-0.1, -0.05) is 30.3 Å². The number of carboxylic acid groups (broad SMARTS) is 1. The molecule has 3 N–H and O–H groups in total. The monoisotopic (exact) mass is 258 g/mol. The molecule has 0 radical (unpaired) electrons. The van der Waals surface area contributed by atoms with Gasteiger partial charge in [0.05, 0.1) is 11.8 Å². The molecule has 1 heterocycles. The van der Waals surface area contributed by atoms with E-state index < -0.39 is 12.1 Å². The van der Waals surface area contributed by atoms with E-state index in [9.17, 15) is 9.90 Å². The first-order chi connectivity index (χ1) is 9.18. The standard InChI is InChI=1S/C14H14N2O3/c17-13(10-4-2-1-3-5-10)9-16-12-6-7-15-8-11(12)14(18)19/h1-8,13,17H,9H2,(H,15,16)(H,18,19)/t13-/m0/s1. The van der Waals surface area contributed by atoms with Crippen molar-refractivity contribution < 1.29 is 15.0 Å². The van der Waals surface area contributed by atoms with Gasteiger partial charge in [-0.3, -0.25) is 4.98 Å². The average Bonchev–Trinajstić information content (AvgIpc) is 2.46. The predicted molar refractivity (Wildman–Crippen MR) is 71.1 cm³/mol. The summed E-state index contributed by atoms with van der Waals surface area (Å²) >= 11 is 0. The smallest absolute Gasteiger partial charge is 0.339 e. The normalized spacial score (nSPS) is 11.8. The van der Waals surface area contributed by atoms with E-state index in [1.807, 2.05) is 30.3 Å². The Morgan fingerprint density at radius 2 is 2.00 bits per heavy atom. The van der Waals surface area contributed by atoms with Crippen molar-refractivity contribution in [2.45, 2.75) is 6.10 Å². The molecule has 2 aromatic rings. The summed E-state index contributed by atoms with van der Waals surface area (Å²) in [4.78, 5) is 14.8. The van der Waals surface area contributed by atoms with Crippen LogP contribution < -0.4 is 5.32 Å². The maximum absolute atomic E-state index is 11.0. The Morgan fingerprint density at radius 1 is 1.26 bits per heavy atom. The Morgan fingerprint density at radius 3 is 2.68 bits per heavy atom. The number of nitrogens with one attached hydrogen (secondary N) is 1. The molecule has 0 bridgehead atoms. The number of nitrogens with zero attached hydrogens (tertiary/aromatic N) is 1. The summed E-state index contributed by atoms with van der Waals surface area (Å²) < 4.78 is 0. The summed E-state index contributed by atoms with van der Waals surface area (Å²) in [5.74, 6) is -1.05. The van der Waals surface area contributed by atoms with Crippen molar-refractivity contribution >= 4 is 11.7 Å². The summed E-state index contributed by atoms with van der Waals surface area (Å²) in [6.07, 6.45) is 2.08. The fourth-order valence-corrected chi connectivity index (χ4v) is 1.72. The van der Waals surface area contributed by atoms with Crippen molar-refractivity contribution in [3.63, 3.8) is 0 Å². The number of benzene rings is 1. The minimum absolute atomic E-state index is 0.0859. The molecule has 0 aliphatic rings. The summed E-state index contributed by atoms with van der Waals surface area (Å²) in [5, 5.41) is 21.9. The van der Waals surface area contributed by atoms with Gasteiger partial charge in [-0.25, -0.2) is 4.79 Å². The van der Waals surface area contributed by atoms with Gasteiger partial charge in [0, 0.05) is 18.9 Å². The lowest BCUT2D eigenvalue weighted by atomic mass is 10.1. The molecule has 0 saturated carbocycles. The molecule has 1 aromatic carbocycles. The van der Waals surface area contributed by atoms with Crippen molar-refractivity contribution in [1.82, 2.24) is 4.98 Å². The Balaban J connectivity index is 2.05. The van der Waals surface area contributed by atoms with Gasteiger partial charge < -0.3 is 15.5 Å². The van der Waals surface area contributed by atoms with Gasteiger partial charge in [-0.05, 0) is 11.6 Å². The lowest BCUT2D eigenvalue weighted by Crippen LogP contribution is -2.14. The third kappa shape index (κ3) is 3.29. The number of aromatic nitrogens is 1. The highest BCUT2D eigenvalue weighted by Crippen LogP contribution is 2.17. The summed E-state index contributed by atoms with van der Waals surface area (Å²) in [6, 6.07) is 10.8. The number of rotatable bonds is 5. The third-order valence-electron chi connectivity index (χ3n) is 2.72. The average molecular weight is 258 g/mol. The number of pyridine rings is 1. The van der Waals surface area contributed by atoms with Crippen molar-refractivity contribution in [2.24, 2.45) is 0 Å². The second kappa shape index (κ2) is 5.97. The highest BCUT2D eigenvalue weighted by Gasteiger charge is 2.11. The van der Waals surface area contributed by atoms with Crippen LogP contribution in [0, 0.1) is 0 Å². The lowest BCUT2D eigenvalue weighted by molar-refractivity contribution is 0.0697. The maximum atomic E-state index is 11.0. The van der Waals surface area contributed by atoms with Crippen molar-refractivity contribution in [3.8, 4) is 0 Å². The van der Waals surface area contributed by atoms with E-state index in [1.165, 1.54) is 12.4 Å². The molecule has 0 fully saturated rings. The fourth-order valence-electron chi connectivity index (χ4n) is 1.72. The van der Waals surface area contributed by atoms with E-state index in [0.717, 1.165) is 5.56 Å². The van der Waals surface area contributed by atoms with Crippen LogP contribution in [0.5, 0.6) is 0 Å². The van der Waals surface area contributed by atoms with Crippen LogP contribution in [0.3, 0.4) is 0 Å². The molecule has 0 amide bonds. The maximum Gasteiger partial charge on any atom is 0.339 e. The number of hydrogen-bond acceptors (Lipinski definition) is 4. The van der Waals surface area contributed by atoms with Crippen LogP contribution >= 0.6 is 0 Å². The molecular formula is C14H14N2O3. The van der Waals surface area contributed by atoms with Gasteiger partial charge in [0.2, 0.25) is 0 Å². The van der Waals surface area contributed by atoms with E-state index in [1.54, 1.807) is 6.07 Å². The summed E-state index contributed by atoms with van der Waals surface area (Å²) in [5.41, 5.74) is 1.31. The number of aliphatic hydroxyl groups is 1. The molecular weight excluding hydrogens is 244 g/mol. The molecule has 1 aromatic heterocycles. The minimum atomic E-state index is -1.05.